The van der Waals surface area contributed by atoms with Crippen LogP contribution in [-0.4, -0.2) is 11.1 Å². The number of rotatable bonds is 3. The van der Waals surface area contributed by atoms with E-state index in [0.717, 1.165) is 27.8 Å². The van der Waals surface area contributed by atoms with Gasteiger partial charge >= 0.3 is 5.97 Å². The van der Waals surface area contributed by atoms with Crippen molar-refractivity contribution in [1.29, 1.82) is 0 Å². The van der Waals surface area contributed by atoms with Crippen LogP contribution in [0.15, 0.2) is 42.5 Å². The number of hydrogen-bond donors (Lipinski definition) is 1. The zero-order valence-corrected chi connectivity index (χ0v) is 12.9. The first kappa shape index (κ1) is 15.0. The second-order valence-electron chi connectivity index (χ2n) is 5.40. The Morgan fingerprint density at radius 2 is 1.48 bits per heavy atom. The number of aliphatic carboxylic acids is 1. The molecule has 2 aromatic carbocycles. The molecular formula is C19H20O2. The van der Waals surface area contributed by atoms with E-state index in [4.69, 9.17) is 0 Å². The Bertz CT molecular complexity index is 684. The molecule has 2 heteroatoms. The van der Waals surface area contributed by atoms with Crippen LogP contribution in [0.25, 0.3) is 5.57 Å². The molecule has 2 rings (SSSR count). The molecule has 0 aromatic heterocycles. The predicted molar refractivity (Wildman–Crippen MR) is 86.5 cm³/mol. The first-order chi connectivity index (χ1) is 9.91. The standard InChI is InChI=1S/C19H20O2/c1-12-10-13(2)15(4)19(14(12)3)17(11-18(20)21)16-8-6-5-7-9-16/h5-11H,1-4H3,(H,20,21)/b17-11+. The number of hydrogen-bond acceptors (Lipinski definition) is 1. The van der Waals surface area contributed by atoms with Crippen LogP contribution in [0.1, 0.15) is 33.4 Å². The Morgan fingerprint density at radius 3 is 1.95 bits per heavy atom. The molecule has 0 amide bonds. The molecule has 2 nitrogen and oxygen atoms in total. The summed E-state index contributed by atoms with van der Waals surface area (Å²) in [6, 6.07) is 11.8. The van der Waals surface area contributed by atoms with Gasteiger partial charge in [-0.05, 0) is 66.6 Å². The van der Waals surface area contributed by atoms with Crippen molar-refractivity contribution in [2.75, 3.05) is 0 Å². The first-order valence-corrected chi connectivity index (χ1v) is 6.99. The van der Waals surface area contributed by atoms with Gasteiger partial charge in [-0.3, -0.25) is 0 Å². The molecule has 0 bridgehead atoms. The SMILES string of the molecule is Cc1cc(C)c(C)c(/C(=C/C(=O)O)c2ccccc2)c1C. The highest BCUT2D eigenvalue weighted by atomic mass is 16.4. The van der Waals surface area contributed by atoms with E-state index in [0.29, 0.717) is 0 Å². The summed E-state index contributed by atoms with van der Waals surface area (Å²) in [5.41, 5.74) is 7.35. The summed E-state index contributed by atoms with van der Waals surface area (Å²) >= 11 is 0. The van der Waals surface area contributed by atoms with Crippen molar-refractivity contribution in [2.24, 2.45) is 0 Å². The number of carbonyl (C=O) groups is 1. The van der Waals surface area contributed by atoms with Gasteiger partial charge in [0.25, 0.3) is 0 Å². The van der Waals surface area contributed by atoms with Crippen LogP contribution in [0, 0.1) is 27.7 Å². The van der Waals surface area contributed by atoms with Crippen molar-refractivity contribution in [3.63, 3.8) is 0 Å². The number of benzene rings is 2. The highest BCUT2D eigenvalue weighted by Crippen LogP contribution is 2.32. The molecule has 0 radical (unpaired) electrons. The average Bonchev–Trinajstić information content (AvgIpc) is 2.45. The smallest absolute Gasteiger partial charge is 0.328 e. The third-order valence-corrected chi connectivity index (χ3v) is 3.99. The Hall–Kier alpha value is -2.35. The Kier molecular flexibility index (Phi) is 4.27. The normalized spacial score (nSPS) is 11.5. The van der Waals surface area contributed by atoms with Gasteiger partial charge in [-0.15, -0.1) is 0 Å². The predicted octanol–water partition coefficient (Wildman–Crippen LogP) is 4.44. The van der Waals surface area contributed by atoms with Gasteiger partial charge in [0.2, 0.25) is 0 Å². The minimum atomic E-state index is -0.924. The summed E-state index contributed by atoms with van der Waals surface area (Å²) in [4.78, 5) is 11.3. The van der Waals surface area contributed by atoms with E-state index < -0.39 is 5.97 Å². The summed E-state index contributed by atoms with van der Waals surface area (Å²) in [5.74, 6) is -0.924. The fourth-order valence-electron chi connectivity index (χ4n) is 2.66. The van der Waals surface area contributed by atoms with E-state index in [9.17, 15) is 9.90 Å². The van der Waals surface area contributed by atoms with E-state index in [1.165, 1.54) is 17.2 Å². The number of aryl methyl sites for hydroxylation is 2. The van der Waals surface area contributed by atoms with Crippen LogP contribution in [0.3, 0.4) is 0 Å². The minimum absolute atomic E-state index is 0.768. The van der Waals surface area contributed by atoms with Crippen molar-refractivity contribution in [3.8, 4) is 0 Å². The second kappa shape index (κ2) is 5.96. The zero-order valence-electron chi connectivity index (χ0n) is 12.9. The summed E-state index contributed by atoms with van der Waals surface area (Å²) in [6.45, 7) is 8.23. The van der Waals surface area contributed by atoms with E-state index in [1.54, 1.807) is 0 Å². The fourth-order valence-corrected chi connectivity index (χ4v) is 2.66. The monoisotopic (exact) mass is 280 g/mol. The molecule has 0 aliphatic heterocycles. The molecule has 108 valence electrons. The molecular weight excluding hydrogens is 260 g/mol. The van der Waals surface area contributed by atoms with Crippen molar-refractivity contribution in [3.05, 3.63) is 75.9 Å². The third kappa shape index (κ3) is 3.05. The lowest BCUT2D eigenvalue weighted by atomic mass is 9.86. The van der Waals surface area contributed by atoms with Crippen molar-refractivity contribution in [1.82, 2.24) is 0 Å². The van der Waals surface area contributed by atoms with Crippen LogP contribution in [-0.2, 0) is 4.79 Å². The Balaban J connectivity index is 2.78. The van der Waals surface area contributed by atoms with E-state index in [1.807, 2.05) is 30.3 Å². The lowest BCUT2D eigenvalue weighted by Crippen LogP contribution is -2.02. The lowest BCUT2D eigenvalue weighted by molar-refractivity contribution is -0.131. The van der Waals surface area contributed by atoms with Gasteiger partial charge in [0.1, 0.15) is 0 Å². The molecule has 1 N–H and O–H groups in total. The molecule has 0 saturated carbocycles. The van der Waals surface area contributed by atoms with Gasteiger partial charge in [-0.25, -0.2) is 4.79 Å². The van der Waals surface area contributed by atoms with E-state index >= 15 is 0 Å². The summed E-state index contributed by atoms with van der Waals surface area (Å²) in [6.07, 6.45) is 1.31. The highest BCUT2D eigenvalue weighted by Gasteiger charge is 2.15. The minimum Gasteiger partial charge on any atom is -0.478 e. The molecule has 0 aliphatic rings. The zero-order chi connectivity index (χ0) is 15.6. The van der Waals surface area contributed by atoms with Gasteiger partial charge in [0, 0.05) is 6.08 Å². The Morgan fingerprint density at radius 1 is 0.952 bits per heavy atom. The second-order valence-corrected chi connectivity index (χ2v) is 5.40. The molecule has 0 aliphatic carbocycles. The van der Waals surface area contributed by atoms with Crippen LogP contribution in [0.4, 0.5) is 0 Å². The highest BCUT2D eigenvalue weighted by molar-refractivity contribution is 5.96. The number of carboxylic acid groups (broad SMARTS) is 1. The van der Waals surface area contributed by atoms with Gasteiger partial charge in [-0.2, -0.15) is 0 Å². The van der Waals surface area contributed by atoms with Crippen molar-refractivity contribution < 1.29 is 9.90 Å². The van der Waals surface area contributed by atoms with Crippen molar-refractivity contribution >= 4 is 11.5 Å². The molecule has 0 fully saturated rings. The summed E-state index contributed by atoms with van der Waals surface area (Å²) in [5, 5.41) is 9.25. The molecule has 21 heavy (non-hydrogen) atoms. The Labute approximate surface area is 125 Å². The molecule has 0 unspecified atom stereocenters. The maximum absolute atomic E-state index is 11.3. The topological polar surface area (TPSA) is 37.3 Å². The van der Waals surface area contributed by atoms with E-state index in [2.05, 4.69) is 33.8 Å². The number of carboxylic acids is 1. The van der Waals surface area contributed by atoms with Gasteiger partial charge < -0.3 is 5.11 Å². The van der Waals surface area contributed by atoms with E-state index in [-0.39, 0.29) is 0 Å². The maximum Gasteiger partial charge on any atom is 0.328 e. The lowest BCUT2D eigenvalue weighted by Gasteiger charge is -2.18. The fraction of sp³-hybridized carbons (Fsp3) is 0.211. The molecule has 0 heterocycles. The summed E-state index contributed by atoms with van der Waals surface area (Å²) < 4.78 is 0. The summed E-state index contributed by atoms with van der Waals surface area (Å²) in [7, 11) is 0. The average molecular weight is 280 g/mol. The molecule has 0 saturated heterocycles. The maximum atomic E-state index is 11.3. The molecule has 0 spiro atoms. The van der Waals surface area contributed by atoms with Gasteiger partial charge in [-0.1, -0.05) is 36.4 Å². The molecule has 2 aromatic rings. The molecule has 0 atom stereocenters. The van der Waals surface area contributed by atoms with Crippen LogP contribution >= 0.6 is 0 Å². The van der Waals surface area contributed by atoms with Gasteiger partial charge in [0.15, 0.2) is 0 Å². The van der Waals surface area contributed by atoms with Crippen LogP contribution < -0.4 is 0 Å². The van der Waals surface area contributed by atoms with Gasteiger partial charge in [0.05, 0.1) is 0 Å². The first-order valence-electron chi connectivity index (χ1n) is 6.99. The third-order valence-electron chi connectivity index (χ3n) is 3.99. The van der Waals surface area contributed by atoms with Crippen LogP contribution in [0.2, 0.25) is 0 Å². The quantitative estimate of drug-likeness (QED) is 0.844. The van der Waals surface area contributed by atoms with Crippen molar-refractivity contribution in [2.45, 2.75) is 27.7 Å². The van der Waals surface area contributed by atoms with Crippen LogP contribution in [0.5, 0.6) is 0 Å². The largest absolute Gasteiger partial charge is 0.478 e.